The van der Waals surface area contributed by atoms with Crippen molar-refractivity contribution in [3.63, 3.8) is 0 Å². The average Bonchev–Trinajstić information content (AvgIpc) is 2.55. The van der Waals surface area contributed by atoms with Gasteiger partial charge < -0.3 is 14.8 Å². The number of nitrogens with one attached hydrogen (secondary N) is 1. The van der Waals surface area contributed by atoms with Gasteiger partial charge in [0.05, 0.1) is 13.7 Å². The highest BCUT2D eigenvalue weighted by molar-refractivity contribution is 5.91. The molecule has 1 aliphatic heterocycles. The number of benzene rings is 1. The van der Waals surface area contributed by atoms with E-state index in [1.165, 1.54) is 19.3 Å². The van der Waals surface area contributed by atoms with Crippen LogP contribution in [-0.4, -0.2) is 31.3 Å². The quantitative estimate of drug-likeness (QED) is 0.917. The van der Waals surface area contributed by atoms with E-state index in [9.17, 15) is 0 Å². The molecule has 0 saturated carbocycles. The number of pyridine rings is 1. The van der Waals surface area contributed by atoms with E-state index in [0.717, 1.165) is 29.5 Å². The van der Waals surface area contributed by atoms with Crippen LogP contribution in [0.25, 0.3) is 10.8 Å². The fraction of sp³-hybridized carbons (Fsp3) is 0.471. The fourth-order valence-corrected chi connectivity index (χ4v) is 2.91. The largest absolute Gasteiger partial charge is 0.496 e. The summed E-state index contributed by atoms with van der Waals surface area (Å²) in [5.41, 5.74) is 0. The first-order valence-electron chi connectivity index (χ1n) is 7.66. The number of hydrogen-bond acceptors (Lipinski definition) is 4. The summed E-state index contributed by atoms with van der Waals surface area (Å²) in [5, 5.41) is 5.59. The Labute approximate surface area is 125 Å². The molecule has 1 aliphatic rings. The minimum absolute atomic E-state index is 0.586. The lowest BCUT2D eigenvalue weighted by molar-refractivity contribution is 0.263. The van der Waals surface area contributed by atoms with Gasteiger partial charge in [0.15, 0.2) is 0 Å². The SMILES string of the molecule is COc1cccc2c(OCCC3CCCCN3)nccc12. The van der Waals surface area contributed by atoms with Gasteiger partial charge in [0, 0.05) is 23.0 Å². The Balaban J connectivity index is 1.69. The Hall–Kier alpha value is -1.81. The Morgan fingerprint density at radius 1 is 1.24 bits per heavy atom. The third-order valence-corrected chi connectivity index (χ3v) is 4.07. The molecular formula is C17H22N2O2. The maximum absolute atomic E-state index is 5.91. The average molecular weight is 286 g/mol. The Morgan fingerprint density at radius 3 is 3.00 bits per heavy atom. The molecule has 2 heterocycles. The van der Waals surface area contributed by atoms with Gasteiger partial charge in [-0.05, 0) is 44.0 Å². The molecular weight excluding hydrogens is 264 g/mol. The van der Waals surface area contributed by atoms with Crippen LogP contribution in [0, 0.1) is 0 Å². The van der Waals surface area contributed by atoms with Crippen LogP contribution in [-0.2, 0) is 0 Å². The number of piperidine rings is 1. The molecule has 1 aromatic heterocycles. The summed E-state index contributed by atoms with van der Waals surface area (Å²) in [6.45, 7) is 1.83. The van der Waals surface area contributed by atoms with E-state index >= 15 is 0 Å². The number of ether oxygens (including phenoxy) is 2. The highest BCUT2D eigenvalue weighted by Gasteiger charge is 2.13. The third kappa shape index (κ3) is 3.27. The first-order valence-corrected chi connectivity index (χ1v) is 7.66. The first-order chi connectivity index (χ1) is 10.4. The van der Waals surface area contributed by atoms with Crippen molar-refractivity contribution in [3.05, 3.63) is 30.5 Å². The van der Waals surface area contributed by atoms with Gasteiger partial charge in [0.1, 0.15) is 5.75 Å². The molecule has 1 saturated heterocycles. The van der Waals surface area contributed by atoms with Crippen LogP contribution in [0.15, 0.2) is 30.5 Å². The molecule has 112 valence electrons. The van der Waals surface area contributed by atoms with Gasteiger partial charge in [0.2, 0.25) is 5.88 Å². The summed E-state index contributed by atoms with van der Waals surface area (Å²) in [7, 11) is 1.68. The Kier molecular flexibility index (Phi) is 4.55. The molecule has 0 amide bonds. The molecule has 0 bridgehead atoms. The second-order valence-corrected chi connectivity index (χ2v) is 5.46. The summed E-state index contributed by atoms with van der Waals surface area (Å²) in [6.07, 6.45) is 6.67. The van der Waals surface area contributed by atoms with Crippen LogP contribution >= 0.6 is 0 Å². The van der Waals surface area contributed by atoms with E-state index in [1.54, 1.807) is 13.3 Å². The van der Waals surface area contributed by atoms with Crippen LogP contribution < -0.4 is 14.8 Å². The second kappa shape index (κ2) is 6.76. The summed E-state index contributed by atoms with van der Waals surface area (Å²) in [5.74, 6) is 1.55. The van der Waals surface area contributed by atoms with E-state index in [2.05, 4.69) is 10.3 Å². The predicted molar refractivity (Wildman–Crippen MR) is 84.0 cm³/mol. The smallest absolute Gasteiger partial charge is 0.221 e. The van der Waals surface area contributed by atoms with Crippen molar-refractivity contribution in [1.29, 1.82) is 0 Å². The summed E-state index contributed by atoms with van der Waals surface area (Å²) >= 11 is 0. The van der Waals surface area contributed by atoms with Crippen molar-refractivity contribution in [2.45, 2.75) is 31.7 Å². The van der Waals surface area contributed by atoms with E-state index < -0.39 is 0 Å². The summed E-state index contributed by atoms with van der Waals surface area (Å²) in [4.78, 5) is 4.37. The molecule has 1 atom stereocenters. The Morgan fingerprint density at radius 2 is 2.19 bits per heavy atom. The number of rotatable bonds is 5. The van der Waals surface area contributed by atoms with E-state index in [0.29, 0.717) is 18.5 Å². The van der Waals surface area contributed by atoms with Gasteiger partial charge in [-0.15, -0.1) is 0 Å². The molecule has 0 aliphatic carbocycles. The minimum atomic E-state index is 0.586. The zero-order valence-electron chi connectivity index (χ0n) is 12.5. The molecule has 1 fully saturated rings. The van der Waals surface area contributed by atoms with Crippen molar-refractivity contribution < 1.29 is 9.47 Å². The van der Waals surface area contributed by atoms with Crippen LogP contribution in [0.4, 0.5) is 0 Å². The van der Waals surface area contributed by atoms with Crippen LogP contribution in [0.1, 0.15) is 25.7 Å². The normalized spacial score (nSPS) is 18.6. The molecule has 4 nitrogen and oxygen atoms in total. The lowest BCUT2D eigenvalue weighted by atomic mass is 10.0. The zero-order chi connectivity index (χ0) is 14.5. The minimum Gasteiger partial charge on any atom is -0.496 e. The molecule has 1 aromatic carbocycles. The highest BCUT2D eigenvalue weighted by atomic mass is 16.5. The molecule has 4 heteroatoms. The number of fused-ring (bicyclic) bond motifs is 1. The van der Waals surface area contributed by atoms with Crippen LogP contribution in [0.3, 0.4) is 0 Å². The molecule has 1 N–H and O–H groups in total. The monoisotopic (exact) mass is 286 g/mol. The number of nitrogens with zero attached hydrogens (tertiary/aromatic N) is 1. The molecule has 0 spiro atoms. The molecule has 3 rings (SSSR count). The molecule has 2 aromatic rings. The number of aromatic nitrogens is 1. The van der Waals surface area contributed by atoms with E-state index in [-0.39, 0.29) is 0 Å². The van der Waals surface area contributed by atoms with Crippen LogP contribution in [0.2, 0.25) is 0 Å². The fourth-order valence-electron chi connectivity index (χ4n) is 2.91. The second-order valence-electron chi connectivity index (χ2n) is 5.46. The first kappa shape index (κ1) is 14.1. The maximum atomic E-state index is 5.91. The summed E-state index contributed by atoms with van der Waals surface area (Å²) in [6, 6.07) is 8.50. The number of methoxy groups -OCH3 is 1. The van der Waals surface area contributed by atoms with E-state index in [4.69, 9.17) is 9.47 Å². The van der Waals surface area contributed by atoms with Gasteiger partial charge in [-0.25, -0.2) is 4.98 Å². The summed E-state index contributed by atoms with van der Waals surface area (Å²) < 4.78 is 11.3. The molecule has 1 unspecified atom stereocenters. The van der Waals surface area contributed by atoms with Gasteiger partial charge in [-0.2, -0.15) is 0 Å². The third-order valence-electron chi connectivity index (χ3n) is 4.07. The molecule has 21 heavy (non-hydrogen) atoms. The van der Waals surface area contributed by atoms with Crippen molar-refractivity contribution in [1.82, 2.24) is 10.3 Å². The Bertz CT molecular complexity index is 594. The zero-order valence-corrected chi connectivity index (χ0v) is 12.5. The van der Waals surface area contributed by atoms with Crippen molar-refractivity contribution in [2.75, 3.05) is 20.3 Å². The topological polar surface area (TPSA) is 43.4 Å². The van der Waals surface area contributed by atoms with Crippen molar-refractivity contribution in [3.8, 4) is 11.6 Å². The van der Waals surface area contributed by atoms with Crippen LogP contribution in [0.5, 0.6) is 11.6 Å². The van der Waals surface area contributed by atoms with E-state index in [1.807, 2.05) is 24.3 Å². The lowest BCUT2D eigenvalue weighted by Crippen LogP contribution is -2.35. The van der Waals surface area contributed by atoms with Gasteiger partial charge in [0.25, 0.3) is 0 Å². The predicted octanol–water partition coefficient (Wildman–Crippen LogP) is 3.15. The van der Waals surface area contributed by atoms with Gasteiger partial charge in [-0.3, -0.25) is 0 Å². The van der Waals surface area contributed by atoms with Crippen molar-refractivity contribution in [2.24, 2.45) is 0 Å². The number of hydrogen-bond donors (Lipinski definition) is 1. The lowest BCUT2D eigenvalue weighted by Gasteiger charge is -2.23. The molecule has 0 radical (unpaired) electrons. The highest BCUT2D eigenvalue weighted by Crippen LogP contribution is 2.30. The standard InChI is InChI=1S/C17H22N2O2/c1-20-16-7-4-6-15-14(16)8-11-19-17(15)21-12-9-13-5-2-3-10-18-13/h4,6-8,11,13,18H,2-3,5,9-10,12H2,1H3. The maximum Gasteiger partial charge on any atom is 0.221 e. The van der Waals surface area contributed by atoms with Gasteiger partial charge in [-0.1, -0.05) is 12.5 Å². The van der Waals surface area contributed by atoms with Crippen molar-refractivity contribution >= 4 is 10.8 Å². The van der Waals surface area contributed by atoms with Gasteiger partial charge >= 0.3 is 0 Å².